The van der Waals surface area contributed by atoms with Crippen molar-refractivity contribution in [3.05, 3.63) is 46.5 Å². The fraction of sp³-hybridized carbons (Fsp3) is 0.519. The summed E-state index contributed by atoms with van der Waals surface area (Å²) < 4.78 is 21.9. The van der Waals surface area contributed by atoms with E-state index < -0.39 is 0 Å². The summed E-state index contributed by atoms with van der Waals surface area (Å²) in [4.78, 5) is 17.3. The van der Waals surface area contributed by atoms with Crippen molar-refractivity contribution in [3.8, 4) is 23.0 Å². The van der Waals surface area contributed by atoms with Crippen LogP contribution in [0.15, 0.2) is 24.3 Å². The van der Waals surface area contributed by atoms with Crippen LogP contribution >= 0.6 is 12.4 Å². The fourth-order valence-electron chi connectivity index (χ4n) is 5.20. The molecule has 1 unspecified atom stereocenters. The van der Waals surface area contributed by atoms with E-state index in [0.29, 0.717) is 12.3 Å². The van der Waals surface area contributed by atoms with Gasteiger partial charge in [-0.2, -0.15) is 0 Å². The van der Waals surface area contributed by atoms with Crippen molar-refractivity contribution in [3.63, 3.8) is 0 Å². The van der Waals surface area contributed by atoms with Crippen LogP contribution in [0.5, 0.6) is 23.0 Å². The summed E-state index contributed by atoms with van der Waals surface area (Å²) >= 11 is 0. The van der Waals surface area contributed by atoms with E-state index in [1.165, 1.54) is 22.3 Å². The number of hydrogen-bond donors (Lipinski definition) is 0. The van der Waals surface area contributed by atoms with Gasteiger partial charge in [0.05, 0.1) is 28.4 Å². The van der Waals surface area contributed by atoms with Gasteiger partial charge in [-0.3, -0.25) is 4.79 Å². The first-order chi connectivity index (χ1) is 16.5. The van der Waals surface area contributed by atoms with Gasteiger partial charge in [0.25, 0.3) is 0 Å². The molecule has 1 heterocycles. The summed E-state index contributed by atoms with van der Waals surface area (Å²) in [5, 5.41) is 0. The Morgan fingerprint density at radius 3 is 2.09 bits per heavy atom. The Labute approximate surface area is 214 Å². The van der Waals surface area contributed by atoms with Gasteiger partial charge >= 0.3 is 0 Å². The highest BCUT2D eigenvalue weighted by atomic mass is 35.5. The lowest BCUT2D eigenvalue weighted by atomic mass is 9.76. The number of rotatable bonds is 9. The standard InChI is InChI=1S/C27H36N2O5.ClH/c1-28(17-20-14-22-21(20)6-7-23(31-2)27(22)34-5)11-10-26(30)29-12-8-18-15-24(32-3)25(33-4)16-19(18)9-13-29;/h6-7,15-16,20H,8-14,17H2,1-5H3;1H. The predicted octanol–water partition coefficient (Wildman–Crippen LogP) is 3.73. The number of carbonyl (C=O) groups excluding carboxylic acids is 1. The third kappa shape index (κ3) is 5.62. The Morgan fingerprint density at radius 1 is 0.943 bits per heavy atom. The SMILES string of the molecule is COc1cc2c(cc1OC)CCN(C(=O)CCN(C)CC1Cc3c1ccc(OC)c3OC)CC2.Cl. The molecule has 2 aromatic rings. The molecule has 2 aliphatic rings. The Bertz CT molecular complexity index is 1010. The summed E-state index contributed by atoms with van der Waals surface area (Å²) in [6.07, 6.45) is 3.18. The lowest BCUT2D eigenvalue weighted by Crippen LogP contribution is -2.37. The zero-order chi connectivity index (χ0) is 24.2. The van der Waals surface area contributed by atoms with Crippen molar-refractivity contribution < 1.29 is 23.7 Å². The molecule has 1 atom stereocenters. The van der Waals surface area contributed by atoms with Crippen LogP contribution in [0.3, 0.4) is 0 Å². The first kappa shape index (κ1) is 27.0. The Kier molecular flexibility index (Phi) is 9.14. The van der Waals surface area contributed by atoms with Crippen molar-refractivity contribution in [2.24, 2.45) is 0 Å². The second-order valence-electron chi connectivity index (χ2n) is 9.14. The Hall–Kier alpha value is -2.64. The molecule has 2 aromatic carbocycles. The number of halogens is 1. The molecule has 0 N–H and O–H groups in total. The number of carbonyl (C=O) groups is 1. The van der Waals surface area contributed by atoms with E-state index in [0.717, 1.165) is 68.4 Å². The molecule has 1 aliphatic heterocycles. The average molecular weight is 505 g/mol. The van der Waals surface area contributed by atoms with Gasteiger partial charge in [0.2, 0.25) is 5.91 Å². The largest absolute Gasteiger partial charge is 0.493 e. The molecule has 0 saturated carbocycles. The van der Waals surface area contributed by atoms with E-state index in [-0.39, 0.29) is 18.3 Å². The highest BCUT2D eigenvalue weighted by Gasteiger charge is 2.32. The molecule has 0 saturated heterocycles. The van der Waals surface area contributed by atoms with Crippen molar-refractivity contribution in [1.29, 1.82) is 0 Å². The highest BCUT2D eigenvalue weighted by molar-refractivity contribution is 5.85. The van der Waals surface area contributed by atoms with Gasteiger partial charge < -0.3 is 28.7 Å². The van der Waals surface area contributed by atoms with E-state index in [1.54, 1.807) is 28.4 Å². The highest BCUT2D eigenvalue weighted by Crippen LogP contribution is 2.45. The van der Waals surface area contributed by atoms with Gasteiger partial charge in [-0.15, -0.1) is 12.4 Å². The van der Waals surface area contributed by atoms with Gasteiger partial charge in [-0.05, 0) is 61.2 Å². The second-order valence-corrected chi connectivity index (χ2v) is 9.14. The van der Waals surface area contributed by atoms with Crippen molar-refractivity contribution in [1.82, 2.24) is 9.80 Å². The topological polar surface area (TPSA) is 60.5 Å². The van der Waals surface area contributed by atoms with Crippen LogP contribution in [0.1, 0.15) is 34.6 Å². The van der Waals surface area contributed by atoms with Gasteiger partial charge in [0.1, 0.15) is 0 Å². The predicted molar refractivity (Wildman–Crippen MR) is 139 cm³/mol. The van der Waals surface area contributed by atoms with Crippen molar-refractivity contribution in [2.75, 3.05) is 61.7 Å². The molecular formula is C27H37ClN2O5. The van der Waals surface area contributed by atoms with Crippen molar-refractivity contribution >= 4 is 18.3 Å². The number of benzene rings is 2. The average Bonchev–Trinajstić information content (AvgIpc) is 3.06. The number of fused-ring (bicyclic) bond motifs is 2. The van der Waals surface area contributed by atoms with Gasteiger partial charge in [0.15, 0.2) is 23.0 Å². The molecule has 7 nitrogen and oxygen atoms in total. The van der Waals surface area contributed by atoms with Crippen LogP contribution in [0.25, 0.3) is 0 Å². The maximum atomic E-state index is 13.0. The molecular weight excluding hydrogens is 468 g/mol. The Morgan fingerprint density at radius 2 is 1.54 bits per heavy atom. The Balaban J connectivity index is 0.00000342. The smallest absolute Gasteiger partial charge is 0.223 e. The van der Waals surface area contributed by atoms with Crippen LogP contribution in [0.2, 0.25) is 0 Å². The van der Waals surface area contributed by atoms with E-state index in [4.69, 9.17) is 18.9 Å². The molecule has 0 bridgehead atoms. The van der Waals surface area contributed by atoms with Gasteiger partial charge in [-0.1, -0.05) is 6.07 Å². The molecule has 1 aliphatic carbocycles. The first-order valence-electron chi connectivity index (χ1n) is 11.9. The number of ether oxygens (including phenoxy) is 4. The zero-order valence-electron chi connectivity index (χ0n) is 21.4. The molecule has 1 amide bonds. The molecule has 0 fully saturated rings. The molecule has 8 heteroatoms. The van der Waals surface area contributed by atoms with Crippen LogP contribution in [0, 0.1) is 0 Å². The summed E-state index contributed by atoms with van der Waals surface area (Å²) in [5.41, 5.74) is 5.04. The second kappa shape index (κ2) is 11.9. The lowest BCUT2D eigenvalue weighted by Gasteiger charge is -2.35. The van der Waals surface area contributed by atoms with Crippen LogP contribution in [-0.2, 0) is 24.1 Å². The van der Waals surface area contributed by atoms with Crippen LogP contribution in [0.4, 0.5) is 0 Å². The van der Waals surface area contributed by atoms with Crippen molar-refractivity contribution in [2.45, 2.75) is 31.6 Å². The van der Waals surface area contributed by atoms with E-state index in [9.17, 15) is 4.79 Å². The minimum atomic E-state index is 0. The summed E-state index contributed by atoms with van der Waals surface area (Å²) in [7, 11) is 8.77. The molecule has 4 rings (SSSR count). The third-order valence-electron chi connectivity index (χ3n) is 7.18. The summed E-state index contributed by atoms with van der Waals surface area (Å²) in [6.45, 7) is 3.16. The summed E-state index contributed by atoms with van der Waals surface area (Å²) in [6, 6.07) is 8.23. The summed E-state index contributed by atoms with van der Waals surface area (Å²) in [5.74, 6) is 3.82. The van der Waals surface area contributed by atoms with Gasteiger partial charge in [-0.25, -0.2) is 0 Å². The molecule has 0 spiro atoms. The minimum Gasteiger partial charge on any atom is -0.493 e. The maximum absolute atomic E-state index is 13.0. The minimum absolute atomic E-state index is 0. The number of amides is 1. The number of hydrogen-bond acceptors (Lipinski definition) is 6. The monoisotopic (exact) mass is 504 g/mol. The third-order valence-corrected chi connectivity index (χ3v) is 7.18. The number of nitrogens with zero attached hydrogens (tertiary/aromatic N) is 2. The molecule has 0 aromatic heterocycles. The zero-order valence-corrected chi connectivity index (χ0v) is 22.2. The number of likely N-dealkylation sites (N-methyl/N-ethyl adjacent to an activating group) is 1. The lowest BCUT2D eigenvalue weighted by molar-refractivity contribution is -0.131. The van der Waals surface area contributed by atoms with E-state index in [2.05, 4.69) is 30.1 Å². The van der Waals surface area contributed by atoms with E-state index in [1.807, 2.05) is 11.0 Å². The van der Waals surface area contributed by atoms with Gasteiger partial charge in [0, 0.05) is 44.1 Å². The normalized spacial score (nSPS) is 16.3. The first-order valence-corrected chi connectivity index (χ1v) is 11.9. The number of methoxy groups -OCH3 is 4. The molecule has 192 valence electrons. The van der Waals surface area contributed by atoms with Crippen LogP contribution in [-0.4, -0.2) is 77.4 Å². The fourth-order valence-corrected chi connectivity index (χ4v) is 5.20. The van der Waals surface area contributed by atoms with Crippen LogP contribution < -0.4 is 18.9 Å². The maximum Gasteiger partial charge on any atom is 0.223 e. The molecule has 35 heavy (non-hydrogen) atoms. The quantitative estimate of drug-likeness (QED) is 0.518. The molecule has 0 radical (unpaired) electrons. The van der Waals surface area contributed by atoms with E-state index >= 15 is 0 Å².